The number of likely N-dealkylation sites (tertiary alicyclic amines) is 1. The highest BCUT2D eigenvalue weighted by Crippen LogP contribution is 2.28. The minimum Gasteiger partial charge on any atom is -0.354 e. The van der Waals surface area contributed by atoms with Crippen molar-refractivity contribution in [2.45, 2.75) is 64.5 Å². The number of rotatable bonds is 4. The fraction of sp³-hybridized carbons (Fsp3) is 0.667. The Kier molecular flexibility index (Phi) is 5.44. The van der Waals surface area contributed by atoms with Crippen LogP contribution in [0.2, 0.25) is 0 Å². The maximum absolute atomic E-state index is 13.1. The Morgan fingerprint density at radius 2 is 1.80 bits per heavy atom. The second-order valence-electron chi connectivity index (χ2n) is 9.73. The van der Waals surface area contributed by atoms with Crippen LogP contribution in [0.3, 0.4) is 0 Å². The monoisotopic (exact) mass is 409 g/mol. The van der Waals surface area contributed by atoms with Crippen LogP contribution in [-0.4, -0.2) is 70.5 Å². The topological polar surface area (TPSA) is 55.5 Å². The third kappa shape index (κ3) is 3.70. The lowest BCUT2D eigenvalue weighted by Gasteiger charge is -2.38. The Hall–Kier alpha value is -2.08. The normalized spacial score (nSPS) is 23.9. The molecule has 1 atom stereocenters. The molecule has 30 heavy (non-hydrogen) atoms. The molecular formula is C24H35N5O. The number of fused-ring (bicyclic) bond motifs is 1. The van der Waals surface area contributed by atoms with Crippen LogP contribution in [0.5, 0.6) is 0 Å². The van der Waals surface area contributed by atoms with Crippen molar-refractivity contribution in [3.63, 3.8) is 0 Å². The predicted molar refractivity (Wildman–Crippen MR) is 121 cm³/mol. The van der Waals surface area contributed by atoms with E-state index in [0.29, 0.717) is 17.7 Å². The van der Waals surface area contributed by atoms with Crippen LogP contribution < -0.4 is 4.90 Å². The predicted octanol–water partition coefficient (Wildman–Crippen LogP) is 3.89. The first-order valence-corrected chi connectivity index (χ1v) is 11.9. The minimum atomic E-state index is 0.133. The molecule has 2 saturated heterocycles. The number of carbonyl (C=O) groups excluding carboxylic acids is 1. The lowest BCUT2D eigenvalue weighted by atomic mass is 10.0. The third-order valence-electron chi connectivity index (χ3n) is 7.53. The van der Waals surface area contributed by atoms with E-state index in [1.807, 2.05) is 12.3 Å². The highest BCUT2D eigenvalue weighted by Gasteiger charge is 2.32. The zero-order valence-electron chi connectivity index (χ0n) is 18.4. The number of nitrogens with one attached hydrogen (secondary N) is 1. The first kappa shape index (κ1) is 19.9. The molecular weight excluding hydrogens is 374 g/mol. The summed E-state index contributed by atoms with van der Waals surface area (Å²) < 4.78 is 0. The molecule has 2 aromatic heterocycles. The highest BCUT2D eigenvalue weighted by atomic mass is 16.2. The van der Waals surface area contributed by atoms with Crippen molar-refractivity contribution in [2.75, 3.05) is 37.6 Å². The van der Waals surface area contributed by atoms with Crippen LogP contribution >= 0.6 is 0 Å². The summed E-state index contributed by atoms with van der Waals surface area (Å²) in [7, 11) is 0. The second-order valence-corrected chi connectivity index (χ2v) is 9.73. The summed E-state index contributed by atoms with van der Waals surface area (Å²) in [6.45, 7) is 9.63. The Morgan fingerprint density at radius 3 is 2.53 bits per heavy atom. The van der Waals surface area contributed by atoms with E-state index in [1.54, 1.807) is 0 Å². The van der Waals surface area contributed by atoms with Crippen LogP contribution in [0.4, 0.5) is 5.82 Å². The van der Waals surface area contributed by atoms with Gasteiger partial charge in [0.25, 0.3) is 5.91 Å². The summed E-state index contributed by atoms with van der Waals surface area (Å²) in [4.78, 5) is 28.3. The summed E-state index contributed by atoms with van der Waals surface area (Å²) in [6, 6.07) is 5.33. The van der Waals surface area contributed by atoms with E-state index in [2.05, 4.69) is 39.6 Å². The first-order chi connectivity index (χ1) is 14.6. The van der Waals surface area contributed by atoms with E-state index >= 15 is 0 Å². The molecule has 4 heterocycles. The van der Waals surface area contributed by atoms with Crippen molar-refractivity contribution in [2.24, 2.45) is 5.92 Å². The molecule has 3 aliphatic rings. The van der Waals surface area contributed by atoms with Gasteiger partial charge >= 0.3 is 0 Å². The fourth-order valence-electron chi connectivity index (χ4n) is 5.79. The van der Waals surface area contributed by atoms with E-state index in [9.17, 15) is 4.79 Å². The smallest absolute Gasteiger partial charge is 0.270 e. The van der Waals surface area contributed by atoms with Gasteiger partial charge in [-0.1, -0.05) is 26.7 Å². The summed E-state index contributed by atoms with van der Waals surface area (Å²) >= 11 is 0. The lowest BCUT2D eigenvalue weighted by Crippen LogP contribution is -2.49. The molecule has 0 aromatic carbocycles. The number of H-pyrrole nitrogens is 1. The number of aromatic nitrogens is 2. The van der Waals surface area contributed by atoms with Crippen molar-refractivity contribution in [1.82, 2.24) is 19.8 Å². The molecule has 2 aliphatic heterocycles. The maximum Gasteiger partial charge on any atom is 0.270 e. The van der Waals surface area contributed by atoms with Gasteiger partial charge in [0.05, 0.1) is 11.7 Å². The number of pyridine rings is 1. The van der Waals surface area contributed by atoms with Crippen LogP contribution in [0.15, 0.2) is 18.3 Å². The van der Waals surface area contributed by atoms with Gasteiger partial charge in [-0.2, -0.15) is 0 Å². The van der Waals surface area contributed by atoms with Crippen LogP contribution in [0.1, 0.15) is 62.9 Å². The Morgan fingerprint density at radius 1 is 1.03 bits per heavy atom. The van der Waals surface area contributed by atoms with Crippen LogP contribution in [0, 0.1) is 5.92 Å². The largest absolute Gasteiger partial charge is 0.354 e. The molecule has 0 spiro atoms. The highest BCUT2D eigenvalue weighted by molar-refractivity contribution is 5.98. The van der Waals surface area contributed by atoms with Gasteiger partial charge in [0, 0.05) is 50.2 Å². The molecule has 162 valence electrons. The van der Waals surface area contributed by atoms with Gasteiger partial charge in [-0.25, -0.2) is 4.98 Å². The summed E-state index contributed by atoms with van der Waals surface area (Å²) in [5, 5.41) is 1.09. The van der Waals surface area contributed by atoms with E-state index in [0.717, 1.165) is 68.3 Å². The molecule has 6 nitrogen and oxygen atoms in total. The number of aromatic amines is 1. The quantitative estimate of drug-likeness (QED) is 0.832. The number of hydrogen-bond acceptors (Lipinski definition) is 4. The molecule has 1 amide bonds. The van der Waals surface area contributed by atoms with Gasteiger partial charge in [-0.3, -0.25) is 9.69 Å². The molecule has 1 N–H and O–H groups in total. The molecule has 3 fully saturated rings. The first-order valence-electron chi connectivity index (χ1n) is 11.9. The number of carbonyl (C=O) groups is 1. The number of anilines is 1. The number of hydrogen-bond donors (Lipinski definition) is 1. The van der Waals surface area contributed by atoms with Crippen molar-refractivity contribution >= 4 is 22.6 Å². The van der Waals surface area contributed by atoms with E-state index in [-0.39, 0.29) is 5.91 Å². The van der Waals surface area contributed by atoms with Crippen LogP contribution in [-0.2, 0) is 0 Å². The zero-order chi connectivity index (χ0) is 20.7. The Bertz CT molecular complexity index is 892. The molecule has 2 aromatic rings. The van der Waals surface area contributed by atoms with Gasteiger partial charge in [-0.05, 0) is 43.7 Å². The van der Waals surface area contributed by atoms with Gasteiger partial charge in [-0.15, -0.1) is 0 Å². The van der Waals surface area contributed by atoms with Crippen molar-refractivity contribution in [1.29, 1.82) is 0 Å². The third-order valence-corrected chi connectivity index (χ3v) is 7.53. The van der Waals surface area contributed by atoms with Gasteiger partial charge in [0.2, 0.25) is 0 Å². The van der Waals surface area contributed by atoms with Crippen molar-refractivity contribution in [3.05, 3.63) is 24.0 Å². The number of nitrogens with zero attached hydrogens (tertiary/aromatic N) is 4. The van der Waals surface area contributed by atoms with Crippen LogP contribution in [0.25, 0.3) is 10.9 Å². The summed E-state index contributed by atoms with van der Waals surface area (Å²) in [6.07, 6.45) is 9.66. The van der Waals surface area contributed by atoms with E-state index in [4.69, 9.17) is 4.98 Å². The molecule has 1 unspecified atom stereocenters. The van der Waals surface area contributed by atoms with Gasteiger partial charge in [0.15, 0.2) is 0 Å². The van der Waals surface area contributed by atoms with Crippen molar-refractivity contribution in [3.8, 4) is 0 Å². The summed E-state index contributed by atoms with van der Waals surface area (Å²) in [5.74, 6) is 1.67. The maximum atomic E-state index is 13.1. The zero-order valence-corrected chi connectivity index (χ0v) is 18.4. The minimum absolute atomic E-state index is 0.133. The van der Waals surface area contributed by atoms with Crippen molar-refractivity contribution < 1.29 is 4.79 Å². The fourth-order valence-corrected chi connectivity index (χ4v) is 5.79. The molecule has 0 radical (unpaired) electrons. The molecule has 5 rings (SSSR count). The van der Waals surface area contributed by atoms with Gasteiger partial charge in [0.1, 0.15) is 11.5 Å². The Balaban J connectivity index is 1.29. The number of piperazine rings is 1. The summed E-state index contributed by atoms with van der Waals surface area (Å²) in [5.41, 5.74) is 1.65. The standard InChI is InChI=1S/C24H35N5O/c1-17(2)22-8-5-9-29(22)24(30)20-14-18-15-23(25-16-21(18)26-20)28-12-10-27(11-13-28)19-6-3-4-7-19/h14-17,19,22,26H,3-13H2,1-2H3. The molecule has 1 aliphatic carbocycles. The average molecular weight is 410 g/mol. The van der Waals surface area contributed by atoms with E-state index < -0.39 is 0 Å². The Labute approximate surface area is 179 Å². The van der Waals surface area contributed by atoms with Gasteiger partial charge < -0.3 is 14.8 Å². The number of amides is 1. The second kappa shape index (κ2) is 8.22. The lowest BCUT2D eigenvalue weighted by molar-refractivity contribution is 0.0696. The van der Waals surface area contributed by atoms with E-state index in [1.165, 1.54) is 25.7 Å². The molecule has 6 heteroatoms. The average Bonchev–Trinajstić information content (AvgIpc) is 3.53. The SMILES string of the molecule is CC(C)C1CCCN1C(=O)c1cc2cc(N3CCN(C4CCCC4)CC3)ncc2[nH]1. The molecule has 1 saturated carbocycles. The molecule has 0 bridgehead atoms.